The molecular formula is C23H17NO5. The van der Waals surface area contributed by atoms with Crippen LogP contribution in [-0.4, -0.2) is 24.4 Å². The average molecular weight is 387 g/mol. The van der Waals surface area contributed by atoms with Gasteiger partial charge >= 0.3 is 5.97 Å². The number of fused-ring (bicyclic) bond motifs is 1. The summed E-state index contributed by atoms with van der Waals surface area (Å²) in [5.74, 6) is -0.839. The summed E-state index contributed by atoms with van der Waals surface area (Å²) in [4.78, 5) is 39.3. The number of nitrogens with zero attached hydrogens (tertiary/aromatic N) is 1. The van der Waals surface area contributed by atoms with E-state index in [-0.39, 0.29) is 6.61 Å². The van der Waals surface area contributed by atoms with E-state index >= 15 is 0 Å². The summed E-state index contributed by atoms with van der Waals surface area (Å²) in [6.07, 6.45) is 3.14. The van der Waals surface area contributed by atoms with Gasteiger partial charge in [0.15, 0.2) is 0 Å². The summed E-state index contributed by atoms with van der Waals surface area (Å²) >= 11 is 0. The van der Waals surface area contributed by atoms with Gasteiger partial charge in [0.1, 0.15) is 5.76 Å². The fourth-order valence-corrected chi connectivity index (χ4v) is 3.20. The molecule has 1 aliphatic heterocycles. The maximum Gasteiger partial charge on any atom is 0.338 e. The first-order valence-electron chi connectivity index (χ1n) is 9.10. The SMILES string of the molecule is CCOC(=O)c1ccc(N2C(=O)C(=Cc3ccco3)c3ccccc3C2=O)cc1. The molecule has 6 heteroatoms. The van der Waals surface area contributed by atoms with E-state index < -0.39 is 17.8 Å². The minimum atomic E-state index is -0.464. The number of amides is 2. The fraction of sp³-hybridized carbons (Fsp3) is 0.0870. The second kappa shape index (κ2) is 7.59. The molecule has 1 aliphatic rings. The summed E-state index contributed by atoms with van der Waals surface area (Å²) < 4.78 is 10.3. The van der Waals surface area contributed by atoms with Gasteiger partial charge in [0.2, 0.25) is 0 Å². The van der Waals surface area contributed by atoms with Crippen LogP contribution in [0.1, 0.15) is 39.0 Å². The van der Waals surface area contributed by atoms with Gasteiger partial charge < -0.3 is 9.15 Å². The molecule has 0 radical (unpaired) electrons. The van der Waals surface area contributed by atoms with Crippen LogP contribution >= 0.6 is 0 Å². The maximum absolute atomic E-state index is 13.3. The first kappa shape index (κ1) is 18.4. The van der Waals surface area contributed by atoms with Gasteiger partial charge in [-0.15, -0.1) is 0 Å². The number of furan rings is 1. The molecule has 0 spiro atoms. The van der Waals surface area contributed by atoms with Gasteiger partial charge in [-0.3, -0.25) is 9.59 Å². The van der Waals surface area contributed by atoms with Crippen molar-refractivity contribution in [2.45, 2.75) is 6.92 Å². The smallest absolute Gasteiger partial charge is 0.338 e. The Morgan fingerprint density at radius 3 is 2.34 bits per heavy atom. The van der Waals surface area contributed by atoms with E-state index in [1.165, 1.54) is 18.4 Å². The van der Waals surface area contributed by atoms with E-state index in [0.717, 1.165) is 4.90 Å². The van der Waals surface area contributed by atoms with E-state index in [9.17, 15) is 14.4 Å². The number of esters is 1. The normalized spacial score (nSPS) is 14.8. The van der Waals surface area contributed by atoms with E-state index in [0.29, 0.717) is 33.7 Å². The molecule has 0 N–H and O–H groups in total. The molecule has 0 bridgehead atoms. The summed E-state index contributed by atoms with van der Waals surface area (Å²) in [5, 5.41) is 0. The van der Waals surface area contributed by atoms with Crippen LogP contribution < -0.4 is 4.90 Å². The van der Waals surface area contributed by atoms with E-state index in [4.69, 9.17) is 9.15 Å². The predicted molar refractivity (Wildman–Crippen MR) is 107 cm³/mol. The second-order valence-electron chi connectivity index (χ2n) is 6.33. The molecule has 1 aromatic heterocycles. The Labute approximate surface area is 167 Å². The predicted octanol–water partition coefficient (Wildman–Crippen LogP) is 4.18. The van der Waals surface area contributed by atoms with Crippen LogP contribution in [-0.2, 0) is 9.53 Å². The molecule has 2 amide bonds. The topological polar surface area (TPSA) is 76.8 Å². The van der Waals surface area contributed by atoms with Crippen molar-refractivity contribution in [2.75, 3.05) is 11.5 Å². The van der Waals surface area contributed by atoms with Crippen molar-refractivity contribution in [2.24, 2.45) is 0 Å². The van der Waals surface area contributed by atoms with Crippen LogP contribution in [0, 0.1) is 0 Å². The summed E-state index contributed by atoms with van der Waals surface area (Å²) in [6.45, 7) is 1.99. The molecule has 0 aliphatic carbocycles. The third-order valence-corrected chi connectivity index (χ3v) is 4.55. The van der Waals surface area contributed by atoms with E-state index in [1.54, 1.807) is 61.5 Å². The van der Waals surface area contributed by atoms with E-state index in [2.05, 4.69) is 0 Å². The lowest BCUT2D eigenvalue weighted by atomic mass is 9.92. The zero-order valence-electron chi connectivity index (χ0n) is 15.6. The minimum absolute atomic E-state index is 0.265. The molecule has 2 aromatic carbocycles. The molecule has 2 heterocycles. The first-order chi connectivity index (χ1) is 14.1. The standard InChI is InChI=1S/C23H17NO5/c1-2-28-23(27)15-9-11-16(12-10-15)24-21(25)19-8-4-3-7-18(19)20(22(24)26)14-17-6-5-13-29-17/h3-14H,2H2,1H3. The highest BCUT2D eigenvalue weighted by Crippen LogP contribution is 2.33. The van der Waals surface area contributed by atoms with Crippen LogP contribution in [0.25, 0.3) is 11.6 Å². The van der Waals surface area contributed by atoms with Gasteiger partial charge in [0.05, 0.1) is 29.7 Å². The number of ether oxygens (including phenoxy) is 1. The average Bonchev–Trinajstić information content (AvgIpc) is 3.25. The number of carbonyl (C=O) groups is 3. The summed E-state index contributed by atoms with van der Waals surface area (Å²) in [7, 11) is 0. The molecular weight excluding hydrogens is 370 g/mol. The van der Waals surface area contributed by atoms with Crippen LogP contribution in [0.2, 0.25) is 0 Å². The van der Waals surface area contributed by atoms with Gasteiger partial charge in [-0.1, -0.05) is 18.2 Å². The number of benzene rings is 2. The highest BCUT2D eigenvalue weighted by atomic mass is 16.5. The molecule has 0 fully saturated rings. The van der Waals surface area contributed by atoms with Crippen molar-refractivity contribution < 1.29 is 23.5 Å². The largest absolute Gasteiger partial charge is 0.465 e. The Morgan fingerprint density at radius 1 is 0.966 bits per heavy atom. The van der Waals surface area contributed by atoms with Gasteiger partial charge in [0.25, 0.3) is 11.8 Å². The Bertz CT molecular complexity index is 1110. The van der Waals surface area contributed by atoms with Crippen LogP contribution in [0.4, 0.5) is 5.69 Å². The summed E-state index contributed by atoms with van der Waals surface area (Å²) in [5.41, 5.74) is 2.04. The number of hydrogen-bond acceptors (Lipinski definition) is 5. The number of rotatable bonds is 4. The van der Waals surface area contributed by atoms with Crippen LogP contribution in [0.15, 0.2) is 71.3 Å². The number of anilines is 1. The zero-order chi connectivity index (χ0) is 20.4. The van der Waals surface area contributed by atoms with Gasteiger partial charge in [-0.25, -0.2) is 9.69 Å². The molecule has 0 saturated carbocycles. The van der Waals surface area contributed by atoms with Gasteiger partial charge in [0, 0.05) is 11.1 Å². The molecule has 0 unspecified atom stereocenters. The summed E-state index contributed by atoms with van der Waals surface area (Å²) in [6, 6.07) is 16.6. The van der Waals surface area contributed by atoms with Crippen molar-refractivity contribution in [1.82, 2.24) is 0 Å². The molecule has 6 nitrogen and oxygen atoms in total. The molecule has 144 valence electrons. The van der Waals surface area contributed by atoms with Gasteiger partial charge in [-0.2, -0.15) is 0 Å². The van der Waals surface area contributed by atoms with E-state index in [1.807, 2.05) is 0 Å². The third kappa shape index (κ3) is 3.36. The first-order valence-corrected chi connectivity index (χ1v) is 9.10. The number of hydrogen-bond donors (Lipinski definition) is 0. The second-order valence-corrected chi connectivity index (χ2v) is 6.33. The Morgan fingerprint density at radius 2 is 1.69 bits per heavy atom. The maximum atomic E-state index is 13.3. The van der Waals surface area contributed by atoms with Crippen molar-refractivity contribution in [3.8, 4) is 0 Å². The lowest BCUT2D eigenvalue weighted by molar-refractivity contribution is -0.112. The van der Waals surface area contributed by atoms with Crippen molar-refractivity contribution in [3.05, 3.63) is 89.4 Å². The lowest BCUT2D eigenvalue weighted by Crippen LogP contribution is -2.41. The highest BCUT2D eigenvalue weighted by molar-refractivity contribution is 6.43. The Hall–Kier alpha value is -3.93. The number of imide groups is 1. The van der Waals surface area contributed by atoms with Crippen molar-refractivity contribution in [3.63, 3.8) is 0 Å². The van der Waals surface area contributed by atoms with Crippen molar-refractivity contribution in [1.29, 1.82) is 0 Å². The quantitative estimate of drug-likeness (QED) is 0.381. The number of carbonyl (C=O) groups excluding carboxylic acids is 3. The van der Waals surface area contributed by atoms with Gasteiger partial charge in [-0.05, 0) is 55.5 Å². The van der Waals surface area contributed by atoms with Crippen molar-refractivity contribution >= 4 is 35.1 Å². The third-order valence-electron chi connectivity index (χ3n) is 4.55. The monoisotopic (exact) mass is 387 g/mol. The molecule has 0 atom stereocenters. The molecule has 0 saturated heterocycles. The lowest BCUT2D eigenvalue weighted by Gasteiger charge is -2.28. The Balaban J connectivity index is 1.78. The minimum Gasteiger partial charge on any atom is -0.465 e. The zero-order valence-corrected chi connectivity index (χ0v) is 15.6. The molecule has 3 aromatic rings. The van der Waals surface area contributed by atoms with Crippen LogP contribution in [0.5, 0.6) is 0 Å². The van der Waals surface area contributed by atoms with Crippen LogP contribution in [0.3, 0.4) is 0 Å². The molecule has 4 rings (SSSR count). The Kier molecular flexibility index (Phi) is 4.83. The fourth-order valence-electron chi connectivity index (χ4n) is 3.20. The molecule has 29 heavy (non-hydrogen) atoms. The highest BCUT2D eigenvalue weighted by Gasteiger charge is 2.36.